The zero-order valence-electron chi connectivity index (χ0n) is 12.3. The Morgan fingerprint density at radius 2 is 2.21 bits per heavy atom. The lowest BCUT2D eigenvalue weighted by Crippen LogP contribution is -2.37. The Labute approximate surface area is 115 Å². The van der Waals surface area contributed by atoms with E-state index in [0.29, 0.717) is 19.8 Å². The van der Waals surface area contributed by atoms with E-state index in [1.165, 1.54) is 0 Å². The second-order valence-electron chi connectivity index (χ2n) is 4.41. The minimum Gasteiger partial charge on any atom is -0.382 e. The third-order valence-electron chi connectivity index (χ3n) is 2.86. The number of aromatic nitrogens is 3. The van der Waals surface area contributed by atoms with Gasteiger partial charge in [0.25, 0.3) is 0 Å². The van der Waals surface area contributed by atoms with Gasteiger partial charge in [-0.25, -0.2) is 4.98 Å². The van der Waals surface area contributed by atoms with Crippen molar-refractivity contribution in [1.29, 1.82) is 0 Å². The molecular weight excluding hydrogens is 244 g/mol. The molecule has 0 radical (unpaired) electrons. The van der Waals surface area contributed by atoms with Crippen LogP contribution < -0.4 is 5.32 Å². The molecule has 0 aliphatic carbocycles. The molecule has 0 amide bonds. The van der Waals surface area contributed by atoms with E-state index < -0.39 is 0 Å². The van der Waals surface area contributed by atoms with Crippen LogP contribution in [0.4, 0.5) is 0 Å². The molecule has 0 saturated carbocycles. The van der Waals surface area contributed by atoms with Gasteiger partial charge >= 0.3 is 0 Å². The fourth-order valence-electron chi connectivity index (χ4n) is 1.84. The first kappa shape index (κ1) is 16.1. The van der Waals surface area contributed by atoms with Crippen LogP contribution in [0.25, 0.3) is 0 Å². The highest BCUT2D eigenvalue weighted by atomic mass is 16.5. The molecule has 0 aromatic carbocycles. The Kier molecular flexibility index (Phi) is 8.36. The molecule has 1 unspecified atom stereocenters. The number of ether oxygens (including phenoxy) is 2. The molecular formula is C13H26N4O2. The van der Waals surface area contributed by atoms with Crippen molar-refractivity contribution in [1.82, 2.24) is 20.1 Å². The highest BCUT2D eigenvalue weighted by molar-refractivity contribution is 4.89. The molecule has 110 valence electrons. The van der Waals surface area contributed by atoms with Gasteiger partial charge in [-0.15, -0.1) is 0 Å². The molecule has 0 aliphatic heterocycles. The van der Waals surface area contributed by atoms with E-state index in [4.69, 9.17) is 9.47 Å². The minimum absolute atomic E-state index is 0.270. The van der Waals surface area contributed by atoms with Gasteiger partial charge < -0.3 is 14.8 Å². The number of nitrogens with one attached hydrogen (secondary N) is 1. The van der Waals surface area contributed by atoms with Gasteiger partial charge in [-0.1, -0.05) is 6.92 Å². The third-order valence-corrected chi connectivity index (χ3v) is 2.86. The van der Waals surface area contributed by atoms with Gasteiger partial charge in [-0.05, 0) is 19.9 Å². The van der Waals surface area contributed by atoms with Crippen molar-refractivity contribution in [2.45, 2.75) is 39.3 Å². The monoisotopic (exact) mass is 270 g/mol. The van der Waals surface area contributed by atoms with Crippen LogP contribution in [0.1, 0.15) is 26.1 Å². The summed E-state index contributed by atoms with van der Waals surface area (Å²) in [6.07, 6.45) is 3.55. The summed E-state index contributed by atoms with van der Waals surface area (Å²) in [7, 11) is 1.68. The second kappa shape index (κ2) is 9.89. The third kappa shape index (κ3) is 6.13. The lowest BCUT2D eigenvalue weighted by molar-refractivity contribution is 0.0583. The lowest BCUT2D eigenvalue weighted by atomic mass is 10.2. The Morgan fingerprint density at radius 3 is 2.89 bits per heavy atom. The summed E-state index contributed by atoms with van der Waals surface area (Å²) in [5, 5.41) is 7.68. The van der Waals surface area contributed by atoms with Gasteiger partial charge in [-0.3, -0.25) is 4.68 Å². The zero-order chi connectivity index (χ0) is 13.9. The predicted molar refractivity (Wildman–Crippen MR) is 74.2 cm³/mol. The van der Waals surface area contributed by atoms with E-state index in [0.717, 1.165) is 31.8 Å². The van der Waals surface area contributed by atoms with Gasteiger partial charge in [0.2, 0.25) is 0 Å². The van der Waals surface area contributed by atoms with Crippen molar-refractivity contribution in [2.75, 3.05) is 33.5 Å². The number of hydrogen-bond donors (Lipinski definition) is 1. The van der Waals surface area contributed by atoms with Gasteiger partial charge in [0.15, 0.2) is 0 Å². The molecule has 19 heavy (non-hydrogen) atoms. The number of nitrogens with zero attached hydrogens (tertiary/aromatic N) is 3. The molecule has 0 spiro atoms. The van der Waals surface area contributed by atoms with Crippen LogP contribution in [0.3, 0.4) is 0 Å². The molecule has 1 atom stereocenters. The Balaban J connectivity index is 2.43. The maximum atomic E-state index is 5.61. The summed E-state index contributed by atoms with van der Waals surface area (Å²) in [4.78, 5) is 4.31. The van der Waals surface area contributed by atoms with Gasteiger partial charge in [0, 0.05) is 26.1 Å². The minimum atomic E-state index is 0.270. The molecule has 1 heterocycles. The first-order valence-corrected chi connectivity index (χ1v) is 6.98. The van der Waals surface area contributed by atoms with E-state index in [-0.39, 0.29) is 6.04 Å². The molecule has 1 N–H and O–H groups in total. The molecule has 0 bridgehead atoms. The van der Waals surface area contributed by atoms with Gasteiger partial charge in [-0.2, -0.15) is 5.10 Å². The van der Waals surface area contributed by atoms with E-state index in [1.54, 1.807) is 13.4 Å². The van der Waals surface area contributed by atoms with E-state index >= 15 is 0 Å². The fraction of sp³-hybridized carbons (Fsp3) is 0.846. The topological polar surface area (TPSA) is 61.2 Å². The maximum absolute atomic E-state index is 5.61. The van der Waals surface area contributed by atoms with E-state index in [2.05, 4.69) is 29.2 Å². The zero-order valence-corrected chi connectivity index (χ0v) is 12.3. The van der Waals surface area contributed by atoms with Crippen LogP contribution in [0.5, 0.6) is 0 Å². The highest BCUT2D eigenvalue weighted by Gasteiger charge is 2.13. The Morgan fingerprint density at radius 1 is 1.37 bits per heavy atom. The average molecular weight is 270 g/mol. The Bertz CT molecular complexity index is 330. The van der Waals surface area contributed by atoms with Crippen LogP contribution in [0.2, 0.25) is 0 Å². The van der Waals surface area contributed by atoms with Gasteiger partial charge in [0.1, 0.15) is 12.2 Å². The first-order valence-electron chi connectivity index (χ1n) is 6.98. The van der Waals surface area contributed by atoms with Crippen molar-refractivity contribution >= 4 is 0 Å². The SMILES string of the molecule is CCCNC(COCCOC)Cc1ncnn1CC. The predicted octanol–water partition coefficient (Wildman–Crippen LogP) is 0.872. The van der Waals surface area contributed by atoms with E-state index in [1.807, 2.05) is 4.68 Å². The molecule has 6 nitrogen and oxygen atoms in total. The van der Waals surface area contributed by atoms with Crippen molar-refractivity contribution in [3.05, 3.63) is 12.2 Å². The normalized spacial score (nSPS) is 12.8. The first-order chi connectivity index (χ1) is 9.31. The van der Waals surface area contributed by atoms with Crippen molar-refractivity contribution < 1.29 is 9.47 Å². The summed E-state index contributed by atoms with van der Waals surface area (Å²) < 4.78 is 12.5. The van der Waals surface area contributed by atoms with Crippen LogP contribution in [-0.4, -0.2) is 54.3 Å². The average Bonchev–Trinajstić information content (AvgIpc) is 2.87. The molecule has 1 rings (SSSR count). The Hall–Kier alpha value is -0.980. The number of aryl methyl sites for hydroxylation is 1. The molecule has 1 aromatic heterocycles. The lowest BCUT2D eigenvalue weighted by Gasteiger charge is -2.18. The molecule has 1 aromatic rings. The summed E-state index contributed by atoms with van der Waals surface area (Å²) in [5.41, 5.74) is 0. The second-order valence-corrected chi connectivity index (χ2v) is 4.41. The largest absolute Gasteiger partial charge is 0.382 e. The van der Waals surface area contributed by atoms with E-state index in [9.17, 15) is 0 Å². The van der Waals surface area contributed by atoms with Crippen LogP contribution in [-0.2, 0) is 22.4 Å². The highest BCUT2D eigenvalue weighted by Crippen LogP contribution is 2.01. The molecule has 6 heteroatoms. The van der Waals surface area contributed by atoms with Crippen molar-refractivity contribution in [2.24, 2.45) is 0 Å². The number of hydrogen-bond acceptors (Lipinski definition) is 5. The molecule has 0 aliphatic rings. The maximum Gasteiger partial charge on any atom is 0.138 e. The van der Waals surface area contributed by atoms with Gasteiger partial charge in [0.05, 0.1) is 19.8 Å². The van der Waals surface area contributed by atoms with Crippen molar-refractivity contribution in [3.63, 3.8) is 0 Å². The molecule has 0 fully saturated rings. The summed E-state index contributed by atoms with van der Waals surface area (Å²) in [6, 6.07) is 0.270. The number of methoxy groups -OCH3 is 1. The van der Waals surface area contributed by atoms with Crippen LogP contribution in [0.15, 0.2) is 6.33 Å². The standard InChI is InChI=1S/C13H26N4O2/c1-4-6-14-12(10-19-8-7-18-3)9-13-15-11-16-17(13)5-2/h11-12,14H,4-10H2,1-3H3. The van der Waals surface area contributed by atoms with Crippen LogP contribution >= 0.6 is 0 Å². The smallest absolute Gasteiger partial charge is 0.138 e. The quantitative estimate of drug-likeness (QED) is 0.605. The molecule has 0 saturated heterocycles. The van der Waals surface area contributed by atoms with Crippen molar-refractivity contribution in [3.8, 4) is 0 Å². The summed E-state index contributed by atoms with van der Waals surface area (Å²) in [6.45, 7) is 7.98. The van der Waals surface area contributed by atoms with Crippen LogP contribution in [0, 0.1) is 0 Å². The fourth-order valence-corrected chi connectivity index (χ4v) is 1.84. The summed E-state index contributed by atoms with van der Waals surface area (Å²) in [5.74, 6) is 1.01. The number of rotatable bonds is 11. The summed E-state index contributed by atoms with van der Waals surface area (Å²) >= 11 is 0.